The van der Waals surface area contributed by atoms with E-state index in [1.54, 1.807) is 19.2 Å². The molecule has 1 unspecified atom stereocenters. The van der Waals surface area contributed by atoms with Gasteiger partial charge in [0.2, 0.25) is 0 Å². The molecule has 0 bridgehead atoms. The van der Waals surface area contributed by atoms with Crippen LogP contribution in [0.25, 0.3) is 0 Å². The van der Waals surface area contributed by atoms with E-state index in [0.29, 0.717) is 30.8 Å². The zero-order valence-corrected chi connectivity index (χ0v) is 20.4. The van der Waals surface area contributed by atoms with Gasteiger partial charge in [0.05, 0.1) is 23.7 Å². The lowest BCUT2D eigenvalue weighted by Gasteiger charge is -2.26. The molecule has 7 nitrogen and oxygen atoms in total. The molecule has 0 aromatic heterocycles. The molecule has 0 fully saturated rings. The molecule has 3 aromatic rings. The maximum absolute atomic E-state index is 13.4. The molecule has 1 aliphatic heterocycles. The maximum atomic E-state index is 13.4. The van der Waals surface area contributed by atoms with Crippen molar-refractivity contribution in [2.75, 3.05) is 38.6 Å². The third-order valence-corrected chi connectivity index (χ3v) is 7.92. The number of methoxy groups -OCH3 is 1. The number of hydrogen-bond donors (Lipinski definition) is 1. The maximum Gasteiger partial charge on any atom is 0.264 e. The average Bonchev–Trinajstić information content (AvgIpc) is 3.29. The highest BCUT2D eigenvalue weighted by Crippen LogP contribution is 2.33. The third kappa shape index (κ3) is 4.64. The van der Waals surface area contributed by atoms with Crippen LogP contribution in [0, 0.1) is 0 Å². The van der Waals surface area contributed by atoms with Crippen LogP contribution in [-0.2, 0) is 16.4 Å². The zero-order valence-electron chi connectivity index (χ0n) is 19.6. The Kier molecular flexibility index (Phi) is 6.90. The first-order chi connectivity index (χ1) is 16.3. The summed E-state index contributed by atoms with van der Waals surface area (Å²) >= 11 is 0. The molecule has 1 aliphatic rings. The Morgan fingerprint density at radius 2 is 1.79 bits per heavy atom. The molecule has 1 amide bonds. The van der Waals surface area contributed by atoms with Crippen molar-refractivity contribution in [3.05, 3.63) is 89.5 Å². The van der Waals surface area contributed by atoms with E-state index >= 15 is 0 Å². The van der Waals surface area contributed by atoms with Gasteiger partial charge >= 0.3 is 0 Å². The number of ether oxygens (including phenoxy) is 1. The summed E-state index contributed by atoms with van der Waals surface area (Å²) in [4.78, 5) is 15.1. The number of para-hydroxylation sites is 2. The van der Waals surface area contributed by atoms with Crippen LogP contribution in [0.2, 0.25) is 0 Å². The molecule has 3 aromatic carbocycles. The molecular formula is C26H29N3O4S. The Morgan fingerprint density at radius 3 is 2.56 bits per heavy atom. The summed E-state index contributed by atoms with van der Waals surface area (Å²) in [6.45, 7) is 0.726. The second-order valence-electron chi connectivity index (χ2n) is 8.42. The van der Waals surface area contributed by atoms with E-state index in [4.69, 9.17) is 4.74 Å². The van der Waals surface area contributed by atoms with E-state index in [9.17, 15) is 13.2 Å². The van der Waals surface area contributed by atoms with Crippen LogP contribution in [0.15, 0.2) is 77.7 Å². The number of carbonyl (C=O) groups excluding carboxylic acids is 1. The smallest absolute Gasteiger partial charge is 0.264 e. The summed E-state index contributed by atoms with van der Waals surface area (Å²) in [6, 6.07) is 21.3. The number of anilines is 1. The van der Waals surface area contributed by atoms with Crippen molar-refractivity contribution >= 4 is 21.6 Å². The number of nitrogens with one attached hydrogen (secondary N) is 1. The van der Waals surface area contributed by atoms with Crippen LogP contribution in [0.3, 0.4) is 0 Å². The predicted octanol–water partition coefficient (Wildman–Crippen LogP) is 3.48. The number of nitrogens with zero attached hydrogens (tertiary/aromatic N) is 2. The molecule has 1 N–H and O–H groups in total. The Balaban J connectivity index is 1.53. The van der Waals surface area contributed by atoms with E-state index < -0.39 is 10.0 Å². The van der Waals surface area contributed by atoms with Crippen LogP contribution in [0.4, 0.5) is 5.69 Å². The molecule has 178 valence electrons. The van der Waals surface area contributed by atoms with Crippen molar-refractivity contribution < 1.29 is 17.9 Å². The van der Waals surface area contributed by atoms with Gasteiger partial charge in [-0.2, -0.15) is 0 Å². The Labute approximate surface area is 201 Å². The Bertz CT molecular complexity index is 1290. The predicted molar refractivity (Wildman–Crippen MR) is 133 cm³/mol. The highest BCUT2D eigenvalue weighted by molar-refractivity contribution is 7.92. The van der Waals surface area contributed by atoms with Gasteiger partial charge in [0.25, 0.3) is 15.9 Å². The number of sulfonamides is 1. The normalized spacial score (nSPS) is 14.1. The summed E-state index contributed by atoms with van der Waals surface area (Å²) in [5.74, 6) is 0.412. The van der Waals surface area contributed by atoms with Crippen LogP contribution in [0.1, 0.15) is 27.5 Å². The van der Waals surface area contributed by atoms with E-state index in [0.717, 1.165) is 16.9 Å². The van der Waals surface area contributed by atoms with Crippen molar-refractivity contribution in [3.63, 3.8) is 0 Å². The van der Waals surface area contributed by atoms with Crippen molar-refractivity contribution in [1.82, 2.24) is 10.2 Å². The second kappa shape index (κ2) is 9.87. The van der Waals surface area contributed by atoms with Crippen molar-refractivity contribution in [2.24, 2.45) is 0 Å². The third-order valence-electron chi connectivity index (χ3n) is 6.11. The van der Waals surface area contributed by atoms with Gasteiger partial charge in [0.1, 0.15) is 5.75 Å². The topological polar surface area (TPSA) is 78.9 Å². The van der Waals surface area contributed by atoms with Gasteiger partial charge in [-0.25, -0.2) is 8.42 Å². The highest BCUT2D eigenvalue weighted by atomic mass is 32.2. The molecule has 1 atom stereocenters. The van der Waals surface area contributed by atoms with E-state index in [-0.39, 0.29) is 16.8 Å². The van der Waals surface area contributed by atoms with Crippen LogP contribution < -0.4 is 14.4 Å². The first kappa shape index (κ1) is 23.8. The summed E-state index contributed by atoms with van der Waals surface area (Å²) in [5, 5.41) is 2.95. The minimum Gasteiger partial charge on any atom is -0.496 e. The van der Waals surface area contributed by atoms with E-state index in [2.05, 4.69) is 5.32 Å². The molecule has 0 saturated heterocycles. The summed E-state index contributed by atoms with van der Waals surface area (Å²) < 4.78 is 33.6. The van der Waals surface area contributed by atoms with Crippen LogP contribution >= 0.6 is 0 Å². The average molecular weight is 480 g/mol. The number of amides is 1. The molecule has 4 rings (SSSR count). The highest BCUT2D eigenvalue weighted by Gasteiger charge is 2.31. The van der Waals surface area contributed by atoms with Gasteiger partial charge < -0.3 is 15.0 Å². The summed E-state index contributed by atoms with van der Waals surface area (Å²) in [6.07, 6.45) is 0.671. The molecule has 8 heteroatoms. The van der Waals surface area contributed by atoms with Crippen molar-refractivity contribution in [1.29, 1.82) is 0 Å². The number of hydrogen-bond acceptors (Lipinski definition) is 5. The summed E-state index contributed by atoms with van der Waals surface area (Å²) in [7, 11) is 1.71. The first-order valence-corrected chi connectivity index (χ1v) is 12.5. The monoisotopic (exact) mass is 479 g/mol. The Hall–Kier alpha value is -3.36. The SMILES string of the molecule is COc1ccccc1C(CNC(=O)c1cccc(S(=O)(=O)N2CCc3ccccc32)c1)N(C)C. The minimum absolute atomic E-state index is 0.103. The lowest BCUT2D eigenvalue weighted by Crippen LogP contribution is -2.35. The fourth-order valence-corrected chi connectivity index (χ4v) is 5.84. The number of carbonyl (C=O) groups is 1. The lowest BCUT2D eigenvalue weighted by molar-refractivity contribution is 0.0941. The number of rotatable bonds is 8. The van der Waals surface area contributed by atoms with E-state index in [1.165, 1.54) is 16.4 Å². The zero-order chi connectivity index (χ0) is 24.3. The number of likely N-dealkylation sites (N-methyl/N-ethyl adjacent to an activating group) is 1. The molecule has 0 radical (unpaired) electrons. The lowest BCUT2D eigenvalue weighted by atomic mass is 10.0. The molecule has 0 aliphatic carbocycles. The van der Waals surface area contributed by atoms with Crippen LogP contribution in [0.5, 0.6) is 5.75 Å². The van der Waals surface area contributed by atoms with Crippen molar-refractivity contribution in [3.8, 4) is 5.75 Å². The Morgan fingerprint density at radius 1 is 1.06 bits per heavy atom. The molecule has 0 saturated carbocycles. The van der Waals surface area contributed by atoms with Gasteiger partial charge in [-0.05, 0) is 56.4 Å². The largest absolute Gasteiger partial charge is 0.496 e. The summed E-state index contributed by atoms with van der Waals surface area (Å²) in [5.41, 5.74) is 2.96. The quantitative estimate of drug-likeness (QED) is 0.535. The fraction of sp³-hybridized carbons (Fsp3) is 0.269. The fourth-order valence-electron chi connectivity index (χ4n) is 4.29. The van der Waals surface area contributed by atoms with Gasteiger partial charge in [0.15, 0.2) is 0 Å². The van der Waals surface area contributed by atoms with Gasteiger partial charge in [-0.15, -0.1) is 0 Å². The van der Waals surface area contributed by atoms with Gasteiger partial charge in [-0.3, -0.25) is 9.10 Å². The van der Waals surface area contributed by atoms with Gasteiger partial charge in [-0.1, -0.05) is 42.5 Å². The molecule has 1 heterocycles. The molecule has 0 spiro atoms. The first-order valence-electron chi connectivity index (χ1n) is 11.1. The molecular weight excluding hydrogens is 450 g/mol. The van der Waals surface area contributed by atoms with Crippen LogP contribution in [-0.4, -0.2) is 53.5 Å². The standard InChI is InChI=1S/C26H29N3O4S/c1-28(2)24(22-12-5-7-14-25(22)33-3)18-27-26(30)20-10-8-11-21(17-20)34(31,32)29-16-15-19-9-4-6-13-23(19)29/h4-14,17,24H,15-16,18H2,1-3H3,(H,27,30). The second-order valence-corrected chi connectivity index (χ2v) is 10.3. The van der Waals surface area contributed by atoms with Gasteiger partial charge in [0, 0.05) is 24.2 Å². The van der Waals surface area contributed by atoms with Crippen molar-refractivity contribution in [2.45, 2.75) is 17.4 Å². The number of fused-ring (bicyclic) bond motifs is 1. The number of benzene rings is 3. The molecule has 34 heavy (non-hydrogen) atoms. The minimum atomic E-state index is -3.78. The van der Waals surface area contributed by atoms with E-state index in [1.807, 2.05) is 67.5 Å².